The summed E-state index contributed by atoms with van der Waals surface area (Å²) in [5.41, 5.74) is 0.659. The predicted octanol–water partition coefficient (Wildman–Crippen LogP) is 1.56. The van der Waals surface area contributed by atoms with Gasteiger partial charge in [-0.05, 0) is 17.4 Å². The van der Waals surface area contributed by atoms with Crippen LogP contribution >= 0.6 is 0 Å². The number of aryl methyl sites for hydroxylation is 1. The number of rotatable bonds is 6. The molecule has 2 N–H and O–H groups in total. The molecule has 19 heavy (non-hydrogen) atoms. The highest BCUT2D eigenvalue weighted by Crippen LogP contribution is 2.18. The standard InChI is InChI=1S/C14H23NO3S/c1-14(2,3)13(16)11-15-19(17,18)10-9-12-7-5-4-6-8-12/h4-8,13,15-16H,9-11H2,1-3H3/t13-/m1/s1. The Morgan fingerprint density at radius 3 is 2.32 bits per heavy atom. The molecule has 5 heteroatoms. The summed E-state index contributed by atoms with van der Waals surface area (Å²) in [4.78, 5) is 0. The minimum Gasteiger partial charge on any atom is -0.391 e. The van der Waals surface area contributed by atoms with E-state index in [0.717, 1.165) is 5.56 Å². The second-order valence-corrected chi connectivity index (χ2v) is 7.71. The summed E-state index contributed by atoms with van der Waals surface area (Å²) < 4.78 is 26.1. The average molecular weight is 285 g/mol. The molecule has 0 aromatic heterocycles. The van der Waals surface area contributed by atoms with Crippen LogP contribution in [0.2, 0.25) is 0 Å². The normalized spacial score (nSPS) is 14.3. The molecule has 0 saturated carbocycles. The van der Waals surface area contributed by atoms with Gasteiger partial charge in [-0.25, -0.2) is 13.1 Å². The molecule has 108 valence electrons. The van der Waals surface area contributed by atoms with E-state index in [1.54, 1.807) is 0 Å². The van der Waals surface area contributed by atoms with Crippen molar-refractivity contribution in [2.45, 2.75) is 33.3 Å². The van der Waals surface area contributed by atoms with Gasteiger partial charge < -0.3 is 5.11 Å². The first-order chi connectivity index (χ1) is 8.71. The van der Waals surface area contributed by atoms with Gasteiger partial charge in [0.05, 0.1) is 11.9 Å². The monoisotopic (exact) mass is 285 g/mol. The summed E-state index contributed by atoms with van der Waals surface area (Å²) in [6, 6.07) is 9.48. The Balaban J connectivity index is 2.45. The number of sulfonamides is 1. The Morgan fingerprint density at radius 1 is 1.21 bits per heavy atom. The summed E-state index contributed by atoms with van der Waals surface area (Å²) in [6.45, 7) is 5.67. The molecular weight excluding hydrogens is 262 g/mol. The summed E-state index contributed by atoms with van der Waals surface area (Å²) >= 11 is 0. The lowest BCUT2D eigenvalue weighted by Gasteiger charge is -2.25. The molecular formula is C14H23NO3S. The van der Waals surface area contributed by atoms with Crippen LogP contribution in [0.4, 0.5) is 0 Å². The van der Waals surface area contributed by atoms with Gasteiger partial charge in [0.25, 0.3) is 0 Å². The molecule has 0 heterocycles. The fourth-order valence-electron chi connectivity index (χ4n) is 1.48. The molecule has 4 nitrogen and oxygen atoms in total. The Hall–Kier alpha value is -0.910. The second-order valence-electron chi connectivity index (χ2n) is 5.78. The Kier molecular flexibility index (Phi) is 5.52. The zero-order chi connectivity index (χ0) is 14.5. The van der Waals surface area contributed by atoms with Crippen LogP contribution in [0.5, 0.6) is 0 Å². The summed E-state index contributed by atoms with van der Waals surface area (Å²) in [6.07, 6.45) is -0.221. The fourth-order valence-corrected chi connectivity index (χ4v) is 2.54. The van der Waals surface area contributed by atoms with Crippen molar-refractivity contribution in [1.82, 2.24) is 4.72 Å². The highest BCUT2D eigenvalue weighted by Gasteiger charge is 2.23. The van der Waals surface area contributed by atoms with E-state index < -0.39 is 16.1 Å². The summed E-state index contributed by atoms with van der Waals surface area (Å²) in [5.74, 6) is 0.0356. The van der Waals surface area contributed by atoms with Gasteiger partial charge in [0, 0.05) is 6.54 Å². The molecule has 1 aromatic carbocycles. The molecule has 0 aliphatic rings. The SMILES string of the molecule is CC(C)(C)[C@H](O)CNS(=O)(=O)CCc1ccccc1. The van der Waals surface area contributed by atoms with Crippen molar-refractivity contribution in [2.24, 2.45) is 5.41 Å². The molecule has 1 atom stereocenters. The molecule has 0 aliphatic heterocycles. The van der Waals surface area contributed by atoms with Gasteiger partial charge in [0.1, 0.15) is 0 Å². The molecule has 0 fully saturated rings. The lowest BCUT2D eigenvalue weighted by atomic mass is 9.89. The molecule has 0 amide bonds. The van der Waals surface area contributed by atoms with Gasteiger partial charge in [0.15, 0.2) is 0 Å². The number of aliphatic hydroxyl groups is 1. The van der Waals surface area contributed by atoms with Crippen LogP contribution in [0.3, 0.4) is 0 Å². The maximum Gasteiger partial charge on any atom is 0.212 e. The topological polar surface area (TPSA) is 66.4 Å². The molecule has 0 saturated heterocycles. The van der Waals surface area contributed by atoms with E-state index in [1.807, 2.05) is 51.1 Å². The van der Waals surface area contributed by atoms with Crippen LogP contribution in [0.25, 0.3) is 0 Å². The average Bonchev–Trinajstić information content (AvgIpc) is 2.34. The fraction of sp³-hybridized carbons (Fsp3) is 0.571. The predicted molar refractivity (Wildman–Crippen MR) is 77.4 cm³/mol. The summed E-state index contributed by atoms with van der Waals surface area (Å²) in [5, 5.41) is 9.81. The van der Waals surface area contributed by atoms with E-state index in [2.05, 4.69) is 4.72 Å². The third-order valence-electron chi connectivity index (χ3n) is 3.00. The smallest absolute Gasteiger partial charge is 0.212 e. The van der Waals surface area contributed by atoms with E-state index in [9.17, 15) is 13.5 Å². The van der Waals surface area contributed by atoms with E-state index in [-0.39, 0.29) is 17.7 Å². The van der Waals surface area contributed by atoms with Crippen LogP contribution in [0.15, 0.2) is 30.3 Å². The second kappa shape index (κ2) is 6.50. The van der Waals surface area contributed by atoms with Crippen molar-refractivity contribution < 1.29 is 13.5 Å². The largest absolute Gasteiger partial charge is 0.391 e. The minimum atomic E-state index is -3.35. The molecule has 0 aliphatic carbocycles. The maximum atomic E-state index is 11.8. The Labute approximate surface area is 115 Å². The maximum absolute atomic E-state index is 11.8. The highest BCUT2D eigenvalue weighted by molar-refractivity contribution is 7.89. The number of hydrogen-bond acceptors (Lipinski definition) is 3. The van der Waals surface area contributed by atoms with Crippen LogP contribution in [-0.2, 0) is 16.4 Å². The molecule has 0 bridgehead atoms. The third kappa shape index (κ3) is 6.18. The van der Waals surface area contributed by atoms with Gasteiger partial charge in [-0.15, -0.1) is 0 Å². The lowest BCUT2D eigenvalue weighted by molar-refractivity contribution is 0.0677. The number of benzene rings is 1. The van der Waals surface area contributed by atoms with Crippen molar-refractivity contribution in [2.75, 3.05) is 12.3 Å². The third-order valence-corrected chi connectivity index (χ3v) is 4.35. The number of nitrogens with one attached hydrogen (secondary N) is 1. The van der Waals surface area contributed by atoms with Crippen molar-refractivity contribution in [3.63, 3.8) is 0 Å². The van der Waals surface area contributed by atoms with Crippen molar-refractivity contribution in [3.05, 3.63) is 35.9 Å². The lowest BCUT2D eigenvalue weighted by Crippen LogP contribution is -2.40. The number of aliphatic hydroxyl groups excluding tert-OH is 1. The highest BCUT2D eigenvalue weighted by atomic mass is 32.2. The van der Waals surface area contributed by atoms with Gasteiger partial charge >= 0.3 is 0 Å². The molecule has 1 aromatic rings. The molecule has 0 unspecified atom stereocenters. The van der Waals surface area contributed by atoms with Crippen molar-refractivity contribution in [3.8, 4) is 0 Å². The first kappa shape index (κ1) is 16.1. The number of hydrogen-bond donors (Lipinski definition) is 2. The van der Waals surface area contributed by atoms with Crippen LogP contribution in [-0.4, -0.2) is 31.9 Å². The first-order valence-electron chi connectivity index (χ1n) is 6.40. The van der Waals surface area contributed by atoms with Gasteiger partial charge in [-0.1, -0.05) is 51.1 Å². The van der Waals surface area contributed by atoms with Crippen LogP contribution in [0.1, 0.15) is 26.3 Å². The molecule has 0 radical (unpaired) electrons. The molecule has 0 spiro atoms. The quantitative estimate of drug-likeness (QED) is 0.833. The zero-order valence-electron chi connectivity index (χ0n) is 11.8. The molecule has 1 rings (SSSR count). The van der Waals surface area contributed by atoms with Gasteiger partial charge in [-0.2, -0.15) is 0 Å². The van der Waals surface area contributed by atoms with Crippen LogP contribution in [0, 0.1) is 5.41 Å². The van der Waals surface area contributed by atoms with Crippen molar-refractivity contribution >= 4 is 10.0 Å². The minimum absolute atomic E-state index is 0.0356. The van der Waals surface area contributed by atoms with Gasteiger partial charge in [0.2, 0.25) is 10.0 Å². The first-order valence-corrected chi connectivity index (χ1v) is 8.05. The van der Waals surface area contributed by atoms with Crippen LogP contribution < -0.4 is 4.72 Å². The van der Waals surface area contributed by atoms with E-state index in [4.69, 9.17) is 0 Å². The zero-order valence-corrected chi connectivity index (χ0v) is 12.6. The van der Waals surface area contributed by atoms with Crippen molar-refractivity contribution in [1.29, 1.82) is 0 Å². The van der Waals surface area contributed by atoms with E-state index >= 15 is 0 Å². The summed E-state index contributed by atoms with van der Waals surface area (Å²) in [7, 11) is -3.35. The van der Waals surface area contributed by atoms with Gasteiger partial charge in [-0.3, -0.25) is 0 Å². The Morgan fingerprint density at radius 2 is 1.79 bits per heavy atom. The van der Waals surface area contributed by atoms with E-state index in [1.165, 1.54) is 0 Å². The Bertz CT molecular complexity index is 477. The van der Waals surface area contributed by atoms with E-state index in [0.29, 0.717) is 6.42 Å².